The summed E-state index contributed by atoms with van der Waals surface area (Å²) >= 11 is 4.97. The van der Waals surface area contributed by atoms with Crippen LogP contribution in [0.15, 0.2) is 9.98 Å². The Morgan fingerprint density at radius 3 is 2.67 bits per heavy atom. The molecule has 0 saturated heterocycles. The van der Waals surface area contributed by atoms with Gasteiger partial charge >= 0.3 is 0 Å². The smallest absolute Gasteiger partial charge is 0.120 e. The summed E-state index contributed by atoms with van der Waals surface area (Å²) in [5, 5.41) is 3.40. The second-order valence-corrected chi connectivity index (χ2v) is 10.3. The average molecular weight is 308 g/mol. The minimum atomic E-state index is -0.651. The van der Waals surface area contributed by atoms with Crippen molar-refractivity contribution in [2.45, 2.75) is 38.6 Å². The van der Waals surface area contributed by atoms with Crippen molar-refractivity contribution < 1.29 is 4.74 Å². The second-order valence-electron chi connectivity index (χ2n) is 4.70. The molecule has 0 radical (unpaired) electrons. The topological polar surface area (TPSA) is 22.1 Å². The van der Waals surface area contributed by atoms with Crippen LogP contribution in [0.2, 0.25) is 18.1 Å². The lowest BCUT2D eigenvalue weighted by molar-refractivity contribution is 0.100. The molecular formula is C10H18BrNOSSi. The predicted molar refractivity (Wildman–Crippen MR) is 72.4 cm³/mol. The first-order valence-corrected chi connectivity index (χ1v) is 9.65. The molecule has 0 saturated carbocycles. The number of ether oxygens (including phenoxy) is 1. The van der Waals surface area contributed by atoms with Gasteiger partial charge in [0, 0.05) is 20.8 Å². The maximum atomic E-state index is 5.72. The van der Waals surface area contributed by atoms with E-state index < -0.39 is 8.80 Å². The highest BCUT2D eigenvalue weighted by atomic mass is 79.9. The average Bonchev–Trinajstić information content (AvgIpc) is 2.51. The quantitative estimate of drug-likeness (QED) is 0.774. The molecule has 0 atom stereocenters. The van der Waals surface area contributed by atoms with Crippen LogP contribution in [0, 0.1) is 0 Å². The van der Waals surface area contributed by atoms with Crippen molar-refractivity contribution in [3.05, 3.63) is 15.0 Å². The zero-order valence-electron chi connectivity index (χ0n) is 9.71. The molecule has 5 heteroatoms. The van der Waals surface area contributed by atoms with Gasteiger partial charge in [0.2, 0.25) is 0 Å². The predicted octanol–water partition coefficient (Wildman–Crippen LogP) is 3.69. The highest BCUT2D eigenvalue weighted by Crippen LogP contribution is 2.28. The highest BCUT2D eigenvalue weighted by molar-refractivity contribution is 9.10. The van der Waals surface area contributed by atoms with Gasteiger partial charge in [-0.15, -0.1) is 11.3 Å². The first kappa shape index (κ1) is 13.4. The lowest BCUT2D eigenvalue weighted by Gasteiger charge is -2.27. The van der Waals surface area contributed by atoms with E-state index in [0.29, 0.717) is 11.6 Å². The van der Waals surface area contributed by atoms with Crippen LogP contribution < -0.4 is 0 Å². The fraction of sp³-hybridized carbons (Fsp3) is 0.700. The van der Waals surface area contributed by atoms with Crippen molar-refractivity contribution in [2.75, 3.05) is 6.61 Å². The van der Waals surface area contributed by atoms with Gasteiger partial charge in [-0.25, -0.2) is 4.98 Å². The van der Waals surface area contributed by atoms with Gasteiger partial charge in [0.15, 0.2) is 0 Å². The molecule has 0 aromatic carbocycles. The Kier molecular flexibility index (Phi) is 4.95. The molecule has 0 aliphatic carbocycles. The molecule has 0 fully saturated rings. The van der Waals surface area contributed by atoms with Crippen molar-refractivity contribution in [1.29, 1.82) is 0 Å². The van der Waals surface area contributed by atoms with Crippen LogP contribution in [-0.2, 0) is 11.3 Å². The van der Waals surface area contributed by atoms with E-state index in [1.54, 1.807) is 11.3 Å². The minimum Gasteiger partial charge on any atom is -0.374 e. The lowest BCUT2D eigenvalue weighted by atomic mass is 10.2. The van der Waals surface area contributed by atoms with E-state index in [2.05, 4.69) is 47.9 Å². The number of nitrogens with zero attached hydrogens (tertiary/aromatic N) is 1. The monoisotopic (exact) mass is 307 g/mol. The molecular weight excluding hydrogens is 290 g/mol. The normalized spacial score (nSPS) is 12.4. The summed E-state index contributed by atoms with van der Waals surface area (Å²) in [7, 11) is -0.651. The molecule has 0 bridgehead atoms. The van der Waals surface area contributed by atoms with Gasteiger partial charge in [-0.05, 0) is 21.0 Å². The summed E-state index contributed by atoms with van der Waals surface area (Å²) < 4.78 is 6.63. The molecule has 0 amide bonds. The molecule has 15 heavy (non-hydrogen) atoms. The molecule has 1 aromatic rings. The van der Waals surface area contributed by atoms with E-state index in [9.17, 15) is 0 Å². The molecule has 2 nitrogen and oxygen atoms in total. The summed E-state index contributed by atoms with van der Waals surface area (Å²) in [5.74, 6) is 0. The first-order valence-electron chi connectivity index (χ1n) is 5.09. The summed E-state index contributed by atoms with van der Waals surface area (Å²) in [6, 6.07) is 0. The fourth-order valence-corrected chi connectivity index (χ4v) is 2.57. The van der Waals surface area contributed by atoms with Gasteiger partial charge in [-0.1, -0.05) is 26.9 Å². The van der Waals surface area contributed by atoms with E-state index >= 15 is 0 Å². The summed E-state index contributed by atoms with van der Waals surface area (Å²) in [4.78, 5) is 4.30. The van der Waals surface area contributed by atoms with Crippen LogP contribution in [0.5, 0.6) is 0 Å². The van der Waals surface area contributed by atoms with E-state index in [1.807, 2.05) is 5.38 Å². The number of halogens is 1. The van der Waals surface area contributed by atoms with Crippen LogP contribution in [-0.4, -0.2) is 20.4 Å². The van der Waals surface area contributed by atoms with Gasteiger partial charge in [0.25, 0.3) is 0 Å². The van der Waals surface area contributed by atoms with Gasteiger partial charge < -0.3 is 4.74 Å². The zero-order chi connectivity index (χ0) is 11.5. The third kappa shape index (κ3) is 4.34. The third-order valence-corrected chi connectivity index (χ3v) is 7.61. The maximum absolute atomic E-state index is 5.72. The largest absolute Gasteiger partial charge is 0.374 e. The van der Waals surface area contributed by atoms with E-state index in [-0.39, 0.29) is 0 Å². The van der Waals surface area contributed by atoms with E-state index in [0.717, 1.165) is 16.2 Å². The maximum Gasteiger partial charge on any atom is 0.120 e. The van der Waals surface area contributed by atoms with Crippen LogP contribution in [0.4, 0.5) is 0 Å². The number of thiazole rings is 1. The molecule has 1 rings (SSSR count). The first-order chi connectivity index (χ1) is 6.92. The Bertz CT molecular complexity index is 314. The zero-order valence-corrected chi connectivity index (χ0v) is 13.3. The fourth-order valence-electron chi connectivity index (χ4n) is 0.923. The lowest BCUT2D eigenvalue weighted by Crippen LogP contribution is -2.26. The summed E-state index contributed by atoms with van der Waals surface area (Å²) in [5.41, 5.74) is 0. The number of aromatic nitrogens is 1. The Morgan fingerprint density at radius 2 is 2.20 bits per heavy atom. The molecule has 0 spiro atoms. The number of rotatable bonds is 5. The molecule has 0 aliphatic rings. The standard InChI is InChI=1S/C10H18BrNOSSi/c1-10(2,15(3)4)7-13-5-9-12-8(11)6-14-9/h6,15H,5,7H2,1-4H3. The van der Waals surface area contributed by atoms with Crippen molar-refractivity contribution >= 4 is 36.1 Å². The molecule has 1 aromatic heterocycles. The SMILES string of the molecule is C[SiH](C)C(C)(C)COCc1nc(Br)cs1. The Balaban J connectivity index is 2.33. The van der Waals surface area contributed by atoms with Crippen molar-refractivity contribution in [3.63, 3.8) is 0 Å². The third-order valence-electron chi connectivity index (χ3n) is 2.79. The Morgan fingerprint density at radius 1 is 1.53 bits per heavy atom. The summed E-state index contributed by atoms with van der Waals surface area (Å²) in [6.45, 7) is 10.8. The van der Waals surface area contributed by atoms with Crippen LogP contribution in [0.1, 0.15) is 18.9 Å². The Labute approximate surface area is 106 Å². The summed E-state index contributed by atoms with van der Waals surface area (Å²) in [6.07, 6.45) is 0. The van der Waals surface area contributed by atoms with Crippen molar-refractivity contribution in [1.82, 2.24) is 4.98 Å². The van der Waals surface area contributed by atoms with Crippen LogP contribution >= 0.6 is 27.3 Å². The van der Waals surface area contributed by atoms with Crippen LogP contribution in [0.25, 0.3) is 0 Å². The van der Waals surface area contributed by atoms with Gasteiger partial charge in [-0.2, -0.15) is 0 Å². The van der Waals surface area contributed by atoms with Crippen LogP contribution in [0.3, 0.4) is 0 Å². The second kappa shape index (κ2) is 5.57. The van der Waals surface area contributed by atoms with Crippen molar-refractivity contribution in [2.24, 2.45) is 0 Å². The molecule has 0 unspecified atom stereocenters. The molecule has 86 valence electrons. The Hall–Kier alpha value is 0.287. The molecule has 0 N–H and O–H groups in total. The van der Waals surface area contributed by atoms with Gasteiger partial charge in [-0.3, -0.25) is 0 Å². The molecule has 1 heterocycles. The van der Waals surface area contributed by atoms with Gasteiger partial charge in [0.05, 0.1) is 6.61 Å². The highest BCUT2D eigenvalue weighted by Gasteiger charge is 2.23. The van der Waals surface area contributed by atoms with E-state index in [4.69, 9.17) is 4.74 Å². The number of hydrogen-bond acceptors (Lipinski definition) is 3. The molecule has 0 aliphatic heterocycles. The van der Waals surface area contributed by atoms with Gasteiger partial charge in [0.1, 0.15) is 9.61 Å². The number of hydrogen-bond donors (Lipinski definition) is 0. The minimum absolute atomic E-state index is 0.370. The van der Waals surface area contributed by atoms with E-state index in [1.165, 1.54) is 0 Å². The van der Waals surface area contributed by atoms with Crippen molar-refractivity contribution in [3.8, 4) is 0 Å².